The number of morpholine rings is 1. The Morgan fingerprint density at radius 3 is 2.69 bits per heavy atom. The zero-order valence-electron chi connectivity index (χ0n) is 20.4. The highest BCUT2D eigenvalue weighted by Gasteiger charge is 2.20. The van der Waals surface area contributed by atoms with Crippen LogP contribution in [0.25, 0.3) is 10.2 Å². The molecule has 0 saturated carbocycles. The van der Waals surface area contributed by atoms with E-state index in [0.717, 1.165) is 72.5 Å². The Kier molecular flexibility index (Phi) is 11.1. The molecule has 1 aliphatic rings. The minimum Gasteiger partial charge on any atom is -0.497 e. The third-order valence-corrected chi connectivity index (χ3v) is 8.04. The number of carbonyl (C=O) groups excluding carboxylic acids is 1. The molecule has 2 aromatic carbocycles. The first-order valence-corrected chi connectivity index (χ1v) is 13.7. The van der Waals surface area contributed by atoms with E-state index in [0.29, 0.717) is 13.0 Å². The van der Waals surface area contributed by atoms with E-state index < -0.39 is 0 Å². The van der Waals surface area contributed by atoms with E-state index in [9.17, 15) is 4.79 Å². The molecule has 4 rings (SSSR count). The second kappa shape index (κ2) is 14.0. The number of hydrogen-bond donors (Lipinski definition) is 0. The van der Waals surface area contributed by atoms with Crippen LogP contribution in [0.15, 0.2) is 47.4 Å². The number of rotatable bonds is 11. The van der Waals surface area contributed by atoms with Crippen LogP contribution in [0.2, 0.25) is 0 Å². The van der Waals surface area contributed by atoms with Crippen LogP contribution in [0.4, 0.5) is 5.13 Å². The molecule has 1 amide bonds. The molecule has 1 aromatic heterocycles. The van der Waals surface area contributed by atoms with E-state index in [-0.39, 0.29) is 18.3 Å². The lowest BCUT2D eigenvalue weighted by Gasteiger charge is -2.27. The van der Waals surface area contributed by atoms with E-state index in [1.807, 2.05) is 34.9 Å². The van der Waals surface area contributed by atoms with Crippen molar-refractivity contribution in [3.8, 4) is 5.75 Å². The third-order valence-electron chi connectivity index (χ3n) is 5.90. The van der Waals surface area contributed by atoms with Gasteiger partial charge in [-0.05, 0) is 55.9 Å². The molecule has 1 fully saturated rings. The summed E-state index contributed by atoms with van der Waals surface area (Å²) < 4.78 is 11.9. The van der Waals surface area contributed by atoms with Crippen LogP contribution in [0.5, 0.6) is 5.75 Å². The number of hydrogen-bond acceptors (Lipinski definition) is 7. The molecular formula is C26H34ClN3O3S2. The van der Waals surface area contributed by atoms with E-state index in [1.54, 1.807) is 18.4 Å². The fourth-order valence-electron chi connectivity index (χ4n) is 3.92. The van der Waals surface area contributed by atoms with Crippen LogP contribution < -0.4 is 9.64 Å². The molecule has 0 N–H and O–H groups in total. The summed E-state index contributed by atoms with van der Waals surface area (Å²) in [5.74, 6) is 1.88. The molecule has 1 saturated heterocycles. The molecule has 0 radical (unpaired) electrons. The Morgan fingerprint density at radius 2 is 1.94 bits per heavy atom. The number of nitrogens with zero attached hydrogens (tertiary/aromatic N) is 3. The van der Waals surface area contributed by atoms with E-state index in [2.05, 4.69) is 36.1 Å². The lowest BCUT2D eigenvalue weighted by molar-refractivity contribution is -0.118. The largest absolute Gasteiger partial charge is 0.497 e. The molecule has 1 aliphatic heterocycles. The SMILES string of the molecule is COc1ccc2nc(N(CCCN3CCOCC3)C(=O)CCCSc3ccc(C)cc3)sc2c1.Cl. The zero-order valence-corrected chi connectivity index (χ0v) is 22.9. The monoisotopic (exact) mass is 535 g/mol. The number of aryl methyl sites for hydroxylation is 1. The van der Waals surface area contributed by atoms with Crippen molar-refractivity contribution in [2.45, 2.75) is 31.1 Å². The fraction of sp³-hybridized carbons (Fsp3) is 0.462. The van der Waals surface area contributed by atoms with E-state index >= 15 is 0 Å². The zero-order chi connectivity index (χ0) is 23.8. The fourth-order valence-corrected chi connectivity index (χ4v) is 5.81. The van der Waals surface area contributed by atoms with Crippen molar-refractivity contribution >= 4 is 56.8 Å². The number of fused-ring (bicyclic) bond motifs is 1. The average Bonchev–Trinajstić information content (AvgIpc) is 3.29. The number of aromatic nitrogens is 1. The van der Waals surface area contributed by atoms with E-state index in [4.69, 9.17) is 14.5 Å². The summed E-state index contributed by atoms with van der Waals surface area (Å²) in [5.41, 5.74) is 2.17. The summed E-state index contributed by atoms with van der Waals surface area (Å²) in [6.07, 6.45) is 2.29. The summed E-state index contributed by atoms with van der Waals surface area (Å²) in [4.78, 5) is 23.7. The second-order valence-electron chi connectivity index (χ2n) is 8.45. The highest BCUT2D eigenvalue weighted by Crippen LogP contribution is 2.32. The normalized spacial score (nSPS) is 14.0. The molecule has 2 heterocycles. The predicted molar refractivity (Wildman–Crippen MR) is 149 cm³/mol. The van der Waals surface area contributed by atoms with Crippen LogP contribution in [0.1, 0.15) is 24.8 Å². The van der Waals surface area contributed by atoms with Gasteiger partial charge in [0.25, 0.3) is 0 Å². The summed E-state index contributed by atoms with van der Waals surface area (Å²) in [6, 6.07) is 14.4. The van der Waals surface area contributed by atoms with Crippen molar-refractivity contribution in [3.05, 3.63) is 48.0 Å². The highest BCUT2D eigenvalue weighted by molar-refractivity contribution is 7.99. The first-order valence-electron chi connectivity index (χ1n) is 11.9. The average molecular weight is 536 g/mol. The second-order valence-corrected chi connectivity index (χ2v) is 10.6. The maximum Gasteiger partial charge on any atom is 0.228 e. The molecule has 0 unspecified atom stereocenters. The molecule has 6 nitrogen and oxygen atoms in total. The van der Waals surface area contributed by atoms with Gasteiger partial charge in [-0.3, -0.25) is 14.6 Å². The summed E-state index contributed by atoms with van der Waals surface area (Å²) in [5, 5.41) is 0.779. The molecule has 0 bridgehead atoms. The minimum absolute atomic E-state index is 0. The van der Waals surface area contributed by atoms with Crippen LogP contribution in [-0.4, -0.2) is 68.0 Å². The molecule has 0 spiro atoms. The third kappa shape index (κ3) is 8.08. The van der Waals surface area contributed by atoms with Crippen molar-refractivity contribution in [2.75, 3.05) is 57.2 Å². The van der Waals surface area contributed by atoms with Crippen LogP contribution in [0, 0.1) is 6.92 Å². The summed E-state index contributed by atoms with van der Waals surface area (Å²) >= 11 is 3.37. The maximum absolute atomic E-state index is 13.3. The highest BCUT2D eigenvalue weighted by atomic mass is 35.5. The van der Waals surface area contributed by atoms with Crippen molar-refractivity contribution in [3.63, 3.8) is 0 Å². The van der Waals surface area contributed by atoms with Crippen LogP contribution in [-0.2, 0) is 9.53 Å². The smallest absolute Gasteiger partial charge is 0.228 e. The topological polar surface area (TPSA) is 54.9 Å². The Balaban J connectivity index is 0.00000342. The van der Waals surface area contributed by atoms with E-state index in [1.165, 1.54) is 10.5 Å². The number of halogens is 1. The van der Waals surface area contributed by atoms with Crippen molar-refractivity contribution in [1.82, 2.24) is 9.88 Å². The lowest BCUT2D eigenvalue weighted by atomic mass is 10.2. The molecular weight excluding hydrogens is 502 g/mol. The van der Waals surface area contributed by atoms with Gasteiger partial charge < -0.3 is 9.47 Å². The number of carbonyl (C=O) groups is 1. The summed E-state index contributed by atoms with van der Waals surface area (Å²) in [6.45, 7) is 7.25. The first kappa shape index (κ1) is 27.7. The standard InChI is InChI=1S/C26H33N3O3S2.ClH/c1-20-6-9-22(10-7-20)33-18-3-5-25(30)29(13-4-12-28-14-16-32-17-15-28)26-27-23-11-8-21(31-2)19-24(23)34-26;/h6-11,19H,3-5,12-18H2,1-2H3;1H. The molecule has 35 heavy (non-hydrogen) atoms. The number of amides is 1. The Labute approximate surface area is 222 Å². The molecule has 0 atom stereocenters. The van der Waals surface area contributed by atoms with Gasteiger partial charge in [-0.15, -0.1) is 24.2 Å². The first-order chi connectivity index (χ1) is 16.6. The van der Waals surface area contributed by atoms with Gasteiger partial charge >= 0.3 is 0 Å². The molecule has 3 aromatic rings. The number of anilines is 1. The molecule has 0 aliphatic carbocycles. The quantitative estimate of drug-likeness (QED) is 0.233. The van der Waals surface area contributed by atoms with Gasteiger partial charge in [0, 0.05) is 37.5 Å². The number of thioether (sulfide) groups is 1. The number of methoxy groups -OCH3 is 1. The van der Waals surface area contributed by atoms with Crippen molar-refractivity contribution < 1.29 is 14.3 Å². The Morgan fingerprint density at radius 1 is 1.17 bits per heavy atom. The lowest BCUT2D eigenvalue weighted by Crippen LogP contribution is -2.39. The van der Waals surface area contributed by atoms with Crippen LogP contribution in [0.3, 0.4) is 0 Å². The van der Waals surface area contributed by atoms with Crippen molar-refractivity contribution in [1.29, 1.82) is 0 Å². The predicted octanol–water partition coefficient (Wildman–Crippen LogP) is 5.66. The number of ether oxygens (including phenoxy) is 2. The Hall–Kier alpha value is -1.84. The molecule has 190 valence electrons. The Bertz CT molecular complexity index is 1070. The van der Waals surface area contributed by atoms with Gasteiger partial charge in [0.1, 0.15) is 5.75 Å². The van der Waals surface area contributed by atoms with Gasteiger partial charge in [0.05, 0.1) is 30.5 Å². The summed E-state index contributed by atoms with van der Waals surface area (Å²) in [7, 11) is 1.67. The van der Waals surface area contributed by atoms with Gasteiger partial charge in [0.2, 0.25) is 5.91 Å². The van der Waals surface area contributed by atoms with Gasteiger partial charge in [-0.2, -0.15) is 0 Å². The minimum atomic E-state index is 0. The van der Waals surface area contributed by atoms with Crippen molar-refractivity contribution in [2.24, 2.45) is 0 Å². The number of benzene rings is 2. The van der Waals surface area contributed by atoms with Crippen LogP contribution >= 0.6 is 35.5 Å². The van der Waals surface area contributed by atoms with Gasteiger partial charge in [0.15, 0.2) is 5.13 Å². The maximum atomic E-state index is 13.3. The number of thiazole rings is 1. The van der Waals surface area contributed by atoms with Gasteiger partial charge in [-0.25, -0.2) is 4.98 Å². The van der Waals surface area contributed by atoms with Gasteiger partial charge in [-0.1, -0.05) is 29.0 Å². The molecule has 9 heteroatoms.